The lowest BCUT2D eigenvalue weighted by atomic mass is 10.1. The van der Waals surface area contributed by atoms with Gasteiger partial charge in [0.25, 0.3) is 0 Å². The summed E-state index contributed by atoms with van der Waals surface area (Å²) >= 11 is 0. The molecule has 1 amide bonds. The van der Waals surface area contributed by atoms with Crippen molar-refractivity contribution in [2.45, 2.75) is 45.8 Å². The largest absolute Gasteiger partial charge is 0.444 e. The third-order valence-electron chi connectivity index (χ3n) is 2.28. The highest BCUT2D eigenvalue weighted by molar-refractivity contribution is 5.96. The number of hydrogen-bond acceptors (Lipinski definition) is 4. The number of ketones is 1. The summed E-state index contributed by atoms with van der Waals surface area (Å²) in [5, 5.41) is 2.56. The Balaban J connectivity index is 2.52. The molecule has 0 radical (unpaired) electrons. The summed E-state index contributed by atoms with van der Waals surface area (Å²) in [6.45, 7) is 6.93. The molecule has 1 rings (SSSR count). The van der Waals surface area contributed by atoms with Crippen molar-refractivity contribution >= 4 is 11.9 Å². The number of ether oxygens (including phenoxy) is 1. The van der Waals surface area contributed by atoms with Gasteiger partial charge in [-0.2, -0.15) is 0 Å². The van der Waals surface area contributed by atoms with Gasteiger partial charge >= 0.3 is 6.09 Å². The van der Waals surface area contributed by atoms with Gasteiger partial charge in [-0.25, -0.2) is 9.18 Å². The molecule has 0 aromatic carbocycles. The first-order valence-corrected chi connectivity index (χ1v) is 6.30. The minimum Gasteiger partial charge on any atom is -0.444 e. The highest BCUT2D eigenvalue weighted by Crippen LogP contribution is 2.09. The lowest BCUT2D eigenvalue weighted by Gasteiger charge is -2.21. The molecule has 1 atom stereocenters. The van der Waals surface area contributed by atoms with E-state index in [0.717, 1.165) is 12.3 Å². The monoisotopic (exact) mass is 282 g/mol. The minimum atomic E-state index is -0.597. The van der Waals surface area contributed by atoms with Crippen LogP contribution >= 0.6 is 0 Å². The van der Waals surface area contributed by atoms with Gasteiger partial charge in [0.2, 0.25) is 0 Å². The molecule has 0 bridgehead atoms. The van der Waals surface area contributed by atoms with E-state index in [9.17, 15) is 14.0 Å². The number of hydrogen-bond donors (Lipinski definition) is 1. The van der Waals surface area contributed by atoms with E-state index >= 15 is 0 Å². The number of Topliss-reactive ketones (excluding diaryl/α,β-unsaturated/α-hetero) is 1. The fraction of sp³-hybridized carbons (Fsp3) is 0.500. The summed E-state index contributed by atoms with van der Waals surface area (Å²) in [5.74, 6) is -0.857. The second-order valence-electron chi connectivity index (χ2n) is 5.57. The van der Waals surface area contributed by atoms with E-state index in [1.165, 1.54) is 6.20 Å². The third kappa shape index (κ3) is 5.77. The molecule has 1 heterocycles. The fourth-order valence-electron chi connectivity index (χ4n) is 1.52. The molecule has 0 spiro atoms. The van der Waals surface area contributed by atoms with E-state index in [0.29, 0.717) is 0 Å². The molecule has 110 valence electrons. The molecule has 6 heteroatoms. The molecular weight excluding hydrogens is 263 g/mol. The summed E-state index contributed by atoms with van der Waals surface area (Å²) in [6.07, 6.45) is 1.78. The maximum absolute atomic E-state index is 13.0. The van der Waals surface area contributed by atoms with E-state index < -0.39 is 23.6 Å². The van der Waals surface area contributed by atoms with Crippen molar-refractivity contribution in [1.82, 2.24) is 10.3 Å². The minimum absolute atomic E-state index is 0.0460. The predicted molar refractivity (Wildman–Crippen MR) is 72.0 cm³/mol. The molecule has 20 heavy (non-hydrogen) atoms. The normalized spacial score (nSPS) is 12.7. The first-order valence-electron chi connectivity index (χ1n) is 6.30. The van der Waals surface area contributed by atoms with Crippen LogP contribution in [0, 0.1) is 5.82 Å². The molecule has 0 fully saturated rings. The number of carbonyl (C=O) groups excluding carboxylic acids is 2. The van der Waals surface area contributed by atoms with Gasteiger partial charge in [-0.15, -0.1) is 0 Å². The van der Waals surface area contributed by atoms with Gasteiger partial charge in [-0.05, 0) is 33.8 Å². The Morgan fingerprint density at radius 3 is 2.60 bits per heavy atom. The van der Waals surface area contributed by atoms with Crippen LogP contribution in [0.4, 0.5) is 9.18 Å². The van der Waals surface area contributed by atoms with Gasteiger partial charge in [-0.3, -0.25) is 9.78 Å². The van der Waals surface area contributed by atoms with Gasteiger partial charge in [0.1, 0.15) is 11.4 Å². The van der Waals surface area contributed by atoms with Crippen molar-refractivity contribution in [2.75, 3.05) is 0 Å². The third-order valence-corrected chi connectivity index (χ3v) is 2.28. The van der Waals surface area contributed by atoms with Gasteiger partial charge < -0.3 is 10.1 Å². The Morgan fingerprint density at radius 2 is 2.05 bits per heavy atom. The summed E-state index contributed by atoms with van der Waals surface area (Å²) in [6, 6.07) is 0.704. The highest BCUT2D eigenvalue weighted by atomic mass is 19.1. The smallest absolute Gasteiger partial charge is 0.407 e. The average molecular weight is 282 g/mol. The van der Waals surface area contributed by atoms with Crippen LogP contribution in [0.15, 0.2) is 18.5 Å². The van der Waals surface area contributed by atoms with Gasteiger partial charge in [-0.1, -0.05) is 0 Å². The van der Waals surface area contributed by atoms with Crippen LogP contribution in [0.25, 0.3) is 0 Å². The number of rotatable bonds is 4. The van der Waals surface area contributed by atoms with E-state index in [1.54, 1.807) is 27.7 Å². The van der Waals surface area contributed by atoms with Crippen LogP contribution in [0.3, 0.4) is 0 Å². The molecule has 1 unspecified atom stereocenters. The number of halogens is 1. The molecular formula is C14H19FN2O3. The SMILES string of the molecule is CC(CC(=O)c1cncc(F)c1)NC(=O)OC(C)(C)C. The number of amides is 1. The quantitative estimate of drug-likeness (QED) is 0.862. The van der Waals surface area contributed by atoms with E-state index in [-0.39, 0.29) is 17.8 Å². The lowest BCUT2D eigenvalue weighted by molar-refractivity contribution is 0.0506. The Hall–Kier alpha value is -1.98. The second-order valence-corrected chi connectivity index (χ2v) is 5.57. The first kappa shape index (κ1) is 16.1. The Morgan fingerprint density at radius 1 is 1.40 bits per heavy atom. The number of alkyl carbamates (subject to hydrolysis) is 1. The molecule has 5 nitrogen and oxygen atoms in total. The topological polar surface area (TPSA) is 68.3 Å². The first-order chi connectivity index (χ1) is 9.17. The summed E-state index contributed by atoms with van der Waals surface area (Å²) in [5.41, 5.74) is -0.414. The Labute approximate surface area is 117 Å². The van der Waals surface area contributed by atoms with Crippen molar-refractivity contribution in [2.24, 2.45) is 0 Å². The zero-order valence-electron chi connectivity index (χ0n) is 12.1. The second kappa shape index (κ2) is 6.45. The highest BCUT2D eigenvalue weighted by Gasteiger charge is 2.19. The van der Waals surface area contributed by atoms with Crippen molar-refractivity contribution in [3.8, 4) is 0 Å². The van der Waals surface area contributed by atoms with Crippen molar-refractivity contribution in [1.29, 1.82) is 0 Å². The van der Waals surface area contributed by atoms with Crippen molar-refractivity contribution in [3.63, 3.8) is 0 Å². The molecule has 0 saturated heterocycles. The number of pyridine rings is 1. The van der Waals surface area contributed by atoms with Crippen molar-refractivity contribution < 1.29 is 18.7 Å². The molecule has 1 aromatic heterocycles. The number of nitrogens with one attached hydrogen (secondary N) is 1. The molecule has 0 aliphatic rings. The van der Waals surface area contributed by atoms with E-state index in [1.807, 2.05) is 0 Å². The molecule has 0 aliphatic carbocycles. The summed E-state index contributed by atoms with van der Waals surface area (Å²) < 4.78 is 18.0. The van der Waals surface area contributed by atoms with Crippen LogP contribution < -0.4 is 5.32 Å². The number of carbonyl (C=O) groups is 2. The Bertz CT molecular complexity index is 497. The number of aromatic nitrogens is 1. The maximum atomic E-state index is 13.0. The van der Waals surface area contributed by atoms with Crippen LogP contribution in [0.1, 0.15) is 44.5 Å². The lowest BCUT2D eigenvalue weighted by Crippen LogP contribution is -2.38. The average Bonchev–Trinajstić information content (AvgIpc) is 2.25. The van der Waals surface area contributed by atoms with E-state index in [4.69, 9.17) is 4.74 Å². The summed E-state index contributed by atoms with van der Waals surface area (Å²) in [4.78, 5) is 27.0. The van der Waals surface area contributed by atoms with Gasteiger partial charge in [0, 0.05) is 24.2 Å². The van der Waals surface area contributed by atoms with Crippen LogP contribution in [0.5, 0.6) is 0 Å². The van der Waals surface area contributed by atoms with Gasteiger partial charge in [0.05, 0.1) is 6.20 Å². The zero-order chi connectivity index (χ0) is 15.3. The van der Waals surface area contributed by atoms with E-state index in [2.05, 4.69) is 10.3 Å². The fourth-order valence-corrected chi connectivity index (χ4v) is 1.52. The summed E-state index contributed by atoms with van der Waals surface area (Å²) in [7, 11) is 0. The van der Waals surface area contributed by atoms with Crippen LogP contribution in [-0.2, 0) is 4.74 Å². The predicted octanol–water partition coefficient (Wildman–Crippen LogP) is 2.71. The Kier molecular flexibility index (Phi) is 5.19. The molecule has 1 aromatic rings. The maximum Gasteiger partial charge on any atom is 0.407 e. The zero-order valence-corrected chi connectivity index (χ0v) is 12.1. The van der Waals surface area contributed by atoms with Gasteiger partial charge in [0.15, 0.2) is 5.78 Å². The molecule has 0 saturated carbocycles. The molecule has 1 N–H and O–H groups in total. The van der Waals surface area contributed by atoms with Crippen molar-refractivity contribution in [3.05, 3.63) is 29.8 Å². The van der Waals surface area contributed by atoms with Crippen LogP contribution in [-0.4, -0.2) is 28.5 Å². The number of nitrogens with zero attached hydrogens (tertiary/aromatic N) is 1. The molecule has 0 aliphatic heterocycles. The standard InChI is InChI=1S/C14H19FN2O3/c1-9(17-13(19)20-14(2,3)4)5-12(18)10-6-11(15)8-16-7-10/h6-9H,5H2,1-4H3,(H,17,19). The van der Waals surface area contributed by atoms with Crippen LogP contribution in [0.2, 0.25) is 0 Å².